The molecule has 0 aromatic rings. The Kier molecular flexibility index (Phi) is 5.54. The van der Waals surface area contributed by atoms with E-state index in [4.69, 9.17) is 21.3 Å². The molecule has 0 aromatic carbocycles. The first-order valence-corrected chi connectivity index (χ1v) is 3.72. The molecule has 0 unspecified atom stereocenters. The zero-order valence-electron chi connectivity index (χ0n) is 8.00. The lowest BCUT2D eigenvalue weighted by Crippen LogP contribution is -2.13. The van der Waals surface area contributed by atoms with Crippen LogP contribution in [0.25, 0.3) is 4.85 Å². The SMILES string of the molecule is [C-]#[N+]C(C#N)=C(C)CC(OC)OC. The summed E-state index contributed by atoms with van der Waals surface area (Å²) in [5.74, 6) is 0. The van der Waals surface area contributed by atoms with Gasteiger partial charge in [-0.05, 0) is 0 Å². The van der Waals surface area contributed by atoms with Gasteiger partial charge in [0.1, 0.15) is 0 Å². The maximum absolute atomic E-state index is 8.55. The maximum atomic E-state index is 8.55. The summed E-state index contributed by atoms with van der Waals surface area (Å²) in [6.45, 7) is 8.44. The average molecular weight is 180 g/mol. The van der Waals surface area contributed by atoms with Gasteiger partial charge >= 0.3 is 0 Å². The molecule has 0 saturated heterocycles. The summed E-state index contributed by atoms with van der Waals surface area (Å²) < 4.78 is 9.88. The van der Waals surface area contributed by atoms with Gasteiger partial charge in [-0.1, -0.05) is 12.5 Å². The molecule has 0 heterocycles. The number of hydrogen-bond donors (Lipinski definition) is 0. The van der Waals surface area contributed by atoms with Crippen LogP contribution < -0.4 is 0 Å². The van der Waals surface area contributed by atoms with Crippen LogP contribution in [0.2, 0.25) is 0 Å². The van der Waals surface area contributed by atoms with E-state index in [0.29, 0.717) is 12.0 Å². The summed E-state index contributed by atoms with van der Waals surface area (Å²) in [6, 6.07) is 1.82. The van der Waals surface area contributed by atoms with E-state index in [1.807, 2.05) is 6.07 Å². The van der Waals surface area contributed by atoms with Crippen LogP contribution in [0.3, 0.4) is 0 Å². The topological polar surface area (TPSA) is 46.6 Å². The molecular weight excluding hydrogens is 168 g/mol. The average Bonchev–Trinajstić information content (AvgIpc) is 2.16. The van der Waals surface area contributed by atoms with E-state index in [-0.39, 0.29) is 12.0 Å². The van der Waals surface area contributed by atoms with Crippen LogP contribution in [0.15, 0.2) is 11.3 Å². The minimum absolute atomic E-state index is 0.110. The van der Waals surface area contributed by atoms with Gasteiger partial charge in [-0.2, -0.15) is 0 Å². The molecule has 0 saturated carbocycles. The third kappa shape index (κ3) is 3.71. The number of ether oxygens (including phenoxy) is 2. The van der Waals surface area contributed by atoms with Gasteiger partial charge in [0.05, 0.1) is 12.6 Å². The van der Waals surface area contributed by atoms with Gasteiger partial charge in [0.15, 0.2) is 6.29 Å². The Morgan fingerprint density at radius 3 is 2.38 bits per heavy atom. The van der Waals surface area contributed by atoms with E-state index in [0.717, 1.165) is 0 Å². The van der Waals surface area contributed by atoms with Crippen molar-refractivity contribution in [2.75, 3.05) is 14.2 Å². The fraction of sp³-hybridized carbons (Fsp3) is 0.556. The second-order valence-corrected chi connectivity index (χ2v) is 2.46. The van der Waals surface area contributed by atoms with Crippen LogP contribution in [0.4, 0.5) is 0 Å². The monoisotopic (exact) mass is 180 g/mol. The summed E-state index contributed by atoms with van der Waals surface area (Å²) in [4.78, 5) is 3.09. The smallest absolute Gasteiger partial charge is 0.261 e. The van der Waals surface area contributed by atoms with Crippen LogP contribution in [-0.2, 0) is 9.47 Å². The Hall–Kier alpha value is -1.36. The summed E-state index contributed by atoms with van der Waals surface area (Å²) in [7, 11) is 3.04. The molecule has 0 fully saturated rings. The summed E-state index contributed by atoms with van der Waals surface area (Å²) in [5, 5.41) is 8.55. The minimum atomic E-state index is -0.384. The standard InChI is InChI=1S/C9H12N2O2/c1-7(8(6-10)11-2)5-9(12-3)13-4/h9H,5H2,1,3-4H3. The second kappa shape index (κ2) is 6.19. The lowest BCUT2D eigenvalue weighted by molar-refractivity contribution is -0.100. The molecule has 0 aliphatic carbocycles. The van der Waals surface area contributed by atoms with E-state index < -0.39 is 0 Å². The van der Waals surface area contributed by atoms with Crippen LogP contribution >= 0.6 is 0 Å². The van der Waals surface area contributed by atoms with E-state index in [1.54, 1.807) is 6.92 Å². The first-order valence-electron chi connectivity index (χ1n) is 3.72. The molecule has 0 spiro atoms. The summed E-state index contributed by atoms with van der Waals surface area (Å²) >= 11 is 0. The van der Waals surface area contributed by atoms with Crippen molar-refractivity contribution in [2.45, 2.75) is 19.6 Å². The minimum Gasteiger partial charge on any atom is -0.356 e. The molecule has 4 heteroatoms. The molecule has 0 radical (unpaired) electrons. The van der Waals surface area contributed by atoms with Crippen molar-refractivity contribution < 1.29 is 9.47 Å². The molecule has 70 valence electrons. The van der Waals surface area contributed by atoms with E-state index in [2.05, 4.69) is 4.85 Å². The molecule has 0 rings (SSSR count). The fourth-order valence-electron chi connectivity index (χ4n) is 0.825. The van der Waals surface area contributed by atoms with Crippen molar-refractivity contribution in [2.24, 2.45) is 0 Å². The third-order valence-corrected chi connectivity index (χ3v) is 1.62. The second-order valence-electron chi connectivity index (χ2n) is 2.46. The Labute approximate surface area is 78.2 Å². The first kappa shape index (κ1) is 11.6. The molecular formula is C9H12N2O2. The Morgan fingerprint density at radius 1 is 1.54 bits per heavy atom. The molecule has 0 N–H and O–H groups in total. The number of methoxy groups -OCH3 is 2. The highest BCUT2D eigenvalue weighted by Crippen LogP contribution is 2.13. The number of hydrogen-bond acceptors (Lipinski definition) is 3. The van der Waals surface area contributed by atoms with Gasteiger partial charge in [0, 0.05) is 20.6 Å². The number of rotatable bonds is 4. The van der Waals surface area contributed by atoms with Gasteiger partial charge in [0.2, 0.25) is 0 Å². The van der Waals surface area contributed by atoms with Gasteiger partial charge in [-0.15, -0.1) is 0 Å². The maximum Gasteiger partial charge on any atom is 0.261 e. The normalized spacial score (nSPS) is 11.8. The number of nitriles is 1. The zero-order valence-corrected chi connectivity index (χ0v) is 8.00. The quantitative estimate of drug-likeness (QED) is 0.376. The van der Waals surface area contributed by atoms with Crippen molar-refractivity contribution in [3.05, 3.63) is 22.7 Å². The molecule has 0 aliphatic heterocycles. The number of allylic oxidation sites excluding steroid dienone is 1. The van der Waals surface area contributed by atoms with Crippen LogP contribution in [0, 0.1) is 17.9 Å². The largest absolute Gasteiger partial charge is 0.356 e. The van der Waals surface area contributed by atoms with Crippen molar-refractivity contribution in [1.82, 2.24) is 0 Å². The number of nitrogens with zero attached hydrogens (tertiary/aromatic N) is 2. The highest BCUT2D eigenvalue weighted by atomic mass is 16.7. The van der Waals surface area contributed by atoms with Gasteiger partial charge < -0.3 is 9.47 Å². The third-order valence-electron chi connectivity index (χ3n) is 1.62. The molecule has 13 heavy (non-hydrogen) atoms. The predicted octanol–water partition coefficient (Wildman–Crippen LogP) is 1.71. The first-order chi connectivity index (χ1) is 6.19. The molecule has 4 nitrogen and oxygen atoms in total. The van der Waals surface area contributed by atoms with Crippen molar-refractivity contribution >= 4 is 0 Å². The molecule has 0 aliphatic rings. The molecule has 0 bridgehead atoms. The predicted molar refractivity (Wildman–Crippen MR) is 47.3 cm³/mol. The highest BCUT2D eigenvalue weighted by molar-refractivity contribution is 5.32. The van der Waals surface area contributed by atoms with Gasteiger partial charge in [-0.25, -0.2) is 10.1 Å². The van der Waals surface area contributed by atoms with Crippen molar-refractivity contribution in [3.8, 4) is 6.07 Å². The van der Waals surface area contributed by atoms with E-state index in [9.17, 15) is 0 Å². The molecule has 0 amide bonds. The molecule has 0 atom stereocenters. The lowest BCUT2D eigenvalue weighted by atomic mass is 10.1. The Morgan fingerprint density at radius 2 is 2.08 bits per heavy atom. The van der Waals surface area contributed by atoms with E-state index in [1.165, 1.54) is 14.2 Å². The summed E-state index contributed by atoms with van der Waals surface area (Å²) in [6.07, 6.45) is 0.0586. The van der Waals surface area contributed by atoms with Crippen molar-refractivity contribution in [1.29, 1.82) is 5.26 Å². The Balaban J connectivity index is 4.46. The zero-order chi connectivity index (χ0) is 10.3. The Bertz CT molecular complexity index is 250. The van der Waals surface area contributed by atoms with Gasteiger partial charge in [0.25, 0.3) is 5.70 Å². The van der Waals surface area contributed by atoms with Gasteiger partial charge in [-0.3, -0.25) is 0 Å². The van der Waals surface area contributed by atoms with Crippen LogP contribution in [-0.4, -0.2) is 20.5 Å². The van der Waals surface area contributed by atoms with E-state index >= 15 is 0 Å². The lowest BCUT2D eigenvalue weighted by Gasteiger charge is -2.13. The highest BCUT2D eigenvalue weighted by Gasteiger charge is 2.09. The van der Waals surface area contributed by atoms with Crippen molar-refractivity contribution in [3.63, 3.8) is 0 Å². The molecule has 0 aromatic heterocycles. The fourth-order valence-corrected chi connectivity index (χ4v) is 0.825. The van der Waals surface area contributed by atoms with Crippen LogP contribution in [0.1, 0.15) is 13.3 Å². The summed E-state index contributed by atoms with van der Waals surface area (Å²) in [5.41, 5.74) is 0.797. The van der Waals surface area contributed by atoms with Crippen LogP contribution in [0.5, 0.6) is 0 Å².